The Bertz CT molecular complexity index is 619. The first-order valence-corrected chi connectivity index (χ1v) is 6.15. The van der Waals surface area contributed by atoms with Gasteiger partial charge in [-0.3, -0.25) is 4.98 Å². The normalized spacial score (nSPS) is 14.2. The first-order chi connectivity index (χ1) is 9.59. The number of aliphatic hydroxyl groups is 1. The smallest absolute Gasteiger partial charge is 0.381 e. The number of hydrogen-bond donors (Lipinski definition) is 1. The summed E-state index contributed by atoms with van der Waals surface area (Å²) in [5.41, 5.74) is -1.21. The highest BCUT2D eigenvalue weighted by Gasteiger charge is 2.35. The molecule has 0 bridgehead atoms. The van der Waals surface area contributed by atoms with E-state index in [4.69, 9.17) is 0 Å². The Morgan fingerprint density at radius 2 is 1.62 bits per heavy atom. The third-order valence-corrected chi connectivity index (χ3v) is 3.52. The van der Waals surface area contributed by atoms with E-state index in [0.29, 0.717) is 12.3 Å². The maximum atomic E-state index is 12.4. The summed E-state index contributed by atoms with van der Waals surface area (Å²) in [5.74, 6) is 0. The van der Waals surface area contributed by atoms with Crippen molar-refractivity contribution in [1.82, 2.24) is 9.97 Å². The van der Waals surface area contributed by atoms with Gasteiger partial charge < -0.3 is 5.11 Å². The summed E-state index contributed by atoms with van der Waals surface area (Å²) in [6.07, 6.45) is -9.47. The summed E-state index contributed by atoms with van der Waals surface area (Å²) in [5, 5.41) is 8.67. The molecule has 2 heterocycles. The highest BCUT2D eigenvalue weighted by molar-refractivity contribution is 7.11. The number of aliphatic hydroxyl groups excluding tert-OH is 1. The van der Waals surface area contributed by atoms with E-state index in [1.165, 1.54) is 0 Å². The average molecular weight is 328 g/mol. The van der Waals surface area contributed by atoms with Gasteiger partial charge in [0, 0.05) is 12.4 Å². The van der Waals surface area contributed by atoms with Crippen molar-refractivity contribution in [2.75, 3.05) is 0 Å². The van der Waals surface area contributed by atoms with Crippen molar-refractivity contribution >= 4 is 11.3 Å². The molecule has 0 spiro atoms. The Hall–Kier alpha value is -1.68. The van der Waals surface area contributed by atoms with Gasteiger partial charge in [-0.25, -0.2) is 4.98 Å². The first kappa shape index (κ1) is 15.7. The van der Waals surface area contributed by atoms with Gasteiger partial charge in [-0.2, -0.15) is 26.3 Å². The van der Waals surface area contributed by atoms with E-state index < -0.39 is 29.0 Å². The van der Waals surface area contributed by atoms with Crippen molar-refractivity contribution in [1.29, 1.82) is 0 Å². The molecule has 0 saturated carbocycles. The first-order valence-electron chi connectivity index (χ1n) is 5.33. The van der Waals surface area contributed by atoms with E-state index in [2.05, 4.69) is 9.97 Å². The van der Waals surface area contributed by atoms with Crippen LogP contribution in [0, 0.1) is 0 Å². The number of halogens is 6. The molecule has 0 aliphatic rings. The van der Waals surface area contributed by atoms with Gasteiger partial charge in [-0.05, 0) is 12.1 Å². The van der Waals surface area contributed by atoms with Crippen molar-refractivity contribution in [2.45, 2.75) is 18.5 Å². The molecule has 10 heteroatoms. The fourth-order valence-electron chi connectivity index (χ4n) is 1.42. The zero-order valence-electron chi connectivity index (χ0n) is 9.90. The van der Waals surface area contributed by atoms with Crippen molar-refractivity contribution in [3.8, 4) is 0 Å². The lowest BCUT2D eigenvalue weighted by Crippen LogP contribution is -2.07. The van der Waals surface area contributed by atoms with Crippen LogP contribution in [0.25, 0.3) is 0 Å². The molecular weight excluding hydrogens is 322 g/mol. The molecule has 114 valence electrons. The summed E-state index contributed by atoms with van der Waals surface area (Å²) < 4.78 is 74.2. The highest BCUT2D eigenvalue weighted by Crippen LogP contribution is 2.36. The van der Waals surface area contributed by atoms with Crippen LogP contribution in [0.15, 0.2) is 24.5 Å². The SMILES string of the molecule is OC(c1ccc(C(F)(F)F)cn1)c1cnc(C(F)(F)F)s1. The van der Waals surface area contributed by atoms with Gasteiger partial charge in [-0.1, -0.05) is 0 Å². The minimum absolute atomic E-state index is 0.158. The lowest BCUT2D eigenvalue weighted by molar-refractivity contribution is -0.138. The lowest BCUT2D eigenvalue weighted by Gasteiger charge is -2.10. The Morgan fingerprint density at radius 1 is 0.952 bits per heavy atom. The molecule has 3 nitrogen and oxygen atoms in total. The molecule has 0 radical (unpaired) electrons. The molecule has 0 aromatic carbocycles. The highest BCUT2D eigenvalue weighted by atomic mass is 32.1. The second kappa shape index (κ2) is 5.26. The average Bonchev–Trinajstić information content (AvgIpc) is 2.86. The summed E-state index contributed by atoms with van der Waals surface area (Å²) in [7, 11) is 0. The Kier molecular flexibility index (Phi) is 3.93. The predicted molar refractivity (Wildman–Crippen MR) is 60.4 cm³/mol. The molecule has 2 aromatic heterocycles. The number of alkyl halides is 6. The largest absolute Gasteiger partial charge is 0.443 e. The zero-order valence-corrected chi connectivity index (χ0v) is 10.7. The lowest BCUT2D eigenvalue weighted by atomic mass is 10.2. The summed E-state index contributed by atoms with van der Waals surface area (Å²) in [6, 6.07) is 1.59. The van der Waals surface area contributed by atoms with Crippen molar-refractivity contribution in [3.05, 3.63) is 45.7 Å². The van der Waals surface area contributed by atoms with E-state index in [1.807, 2.05) is 0 Å². The van der Waals surface area contributed by atoms with E-state index in [0.717, 1.165) is 12.3 Å². The second-order valence-electron chi connectivity index (χ2n) is 3.94. The van der Waals surface area contributed by atoms with Gasteiger partial charge in [0.2, 0.25) is 0 Å². The maximum absolute atomic E-state index is 12.4. The van der Waals surface area contributed by atoms with Crippen LogP contribution in [-0.4, -0.2) is 15.1 Å². The molecular formula is C11H6F6N2OS. The van der Waals surface area contributed by atoms with Gasteiger partial charge in [-0.15, -0.1) is 11.3 Å². The van der Waals surface area contributed by atoms with Crippen LogP contribution in [0.3, 0.4) is 0 Å². The number of aromatic nitrogens is 2. The zero-order chi connectivity index (χ0) is 15.8. The second-order valence-corrected chi connectivity index (χ2v) is 5.00. The van der Waals surface area contributed by atoms with Crippen molar-refractivity contribution in [3.63, 3.8) is 0 Å². The molecule has 0 saturated heterocycles. The van der Waals surface area contributed by atoms with Crippen molar-refractivity contribution < 1.29 is 31.4 Å². The Balaban J connectivity index is 2.24. The molecule has 2 rings (SSSR count). The van der Waals surface area contributed by atoms with Crippen LogP contribution in [0.4, 0.5) is 26.3 Å². The van der Waals surface area contributed by atoms with Gasteiger partial charge in [0.15, 0.2) is 5.01 Å². The van der Waals surface area contributed by atoms with Crippen LogP contribution in [0.2, 0.25) is 0 Å². The standard InChI is InChI=1S/C11H6F6N2OS/c12-10(13,14)5-1-2-6(18-3-5)8(20)7-4-19-9(21-7)11(15,16)17/h1-4,8,20H. The quantitative estimate of drug-likeness (QED) is 0.856. The summed E-state index contributed by atoms with van der Waals surface area (Å²) in [4.78, 5) is 6.38. The van der Waals surface area contributed by atoms with Crippen LogP contribution in [-0.2, 0) is 12.4 Å². The molecule has 1 atom stereocenters. The van der Waals surface area contributed by atoms with Gasteiger partial charge >= 0.3 is 12.4 Å². The third kappa shape index (κ3) is 3.50. The molecule has 0 amide bonds. The fourth-order valence-corrected chi connectivity index (χ4v) is 2.21. The molecule has 21 heavy (non-hydrogen) atoms. The number of pyridine rings is 1. The number of nitrogens with zero attached hydrogens (tertiary/aromatic N) is 2. The number of rotatable bonds is 2. The monoisotopic (exact) mass is 328 g/mol. The summed E-state index contributed by atoms with van der Waals surface area (Å²) >= 11 is 0.204. The maximum Gasteiger partial charge on any atom is 0.443 e. The Labute approximate surface area is 117 Å². The van der Waals surface area contributed by atoms with E-state index in [9.17, 15) is 31.4 Å². The Morgan fingerprint density at radius 3 is 2.05 bits per heavy atom. The van der Waals surface area contributed by atoms with Crippen LogP contribution in [0.5, 0.6) is 0 Å². The minimum atomic E-state index is -4.64. The molecule has 1 N–H and O–H groups in total. The predicted octanol–water partition coefficient (Wildman–Crippen LogP) is 3.66. The van der Waals surface area contributed by atoms with E-state index >= 15 is 0 Å². The van der Waals surface area contributed by atoms with Gasteiger partial charge in [0.25, 0.3) is 0 Å². The minimum Gasteiger partial charge on any atom is -0.381 e. The van der Waals surface area contributed by atoms with Gasteiger partial charge in [0.1, 0.15) is 6.10 Å². The van der Waals surface area contributed by atoms with Crippen molar-refractivity contribution in [2.24, 2.45) is 0 Å². The van der Waals surface area contributed by atoms with E-state index in [1.54, 1.807) is 0 Å². The summed E-state index contributed by atoms with van der Waals surface area (Å²) in [6.45, 7) is 0. The topological polar surface area (TPSA) is 46.0 Å². The molecule has 0 aliphatic heterocycles. The molecule has 0 fully saturated rings. The number of hydrogen-bond acceptors (Lipinski definition) is 4. The number of thiazole rings is 1. The fraction of sp³-hybridized carbons (Fsp3) is 0.273. The molecule has 1 unspecified atom stereocenters. The molecule has 2 aromatic rings. The third-order valence-electron chi connectivity index (χ3n) is 2.43. The van der Waals surface area contributed by atoms with Gasteiger partial charge in [0.05, 0.1) is 16.1 Å². The van der Waals surface area contributed by atoms with Crippen LogP contribution in [0.1, 0.15) is 27.2 Å². The van der Waals surface area contributed by atoms with E-state index in [-0.39, 0.29) is 21.9 Å². The molecule has 0 aliphatic carbocycles. The van der Waals surface area contributed by atoms with Crippen LogP contribution < -0.4 is 0 Å². The van der Waals surface area contributed by atoms with Crippen LogP contribution >= 0.6 is 11.3 Å².